The molecule has 2 fully saturated rings. The summed E-state index contributed by atoms with van der Waals surface area (Å²) in [5, 5.41) is 14.4. The molecule has 8 heteroatoms. The van der Waals surface area contributed by atoms with Gasteiger partial charge in [-0.1, -0.05) is 19.3 Å². The van der Waals surface area contributed by atoms with Gasteiger partial charge in [0.25, 0.3) is 11.6 Å². The summed E-state index contributed by atoms with van der Waals surface area (Å²) in [6, 6.07) is 4.48. The molecular weight excluding hydrogens is 362 g/mol. The van der Waals surface area contributed by atoms with Crippen molar-refractivity contribution in [2.75, 3.05) is 18.0 Å². The Bertz CT molecular complexity index is 739. The van der Waals surface area contributed by atoms with Gasteiger partial charge in [0.05, 0.1) is 10.5 Å². The Balaban J connectivity index is 1.65. The molecule has 1 heterocycles. The maximum absolute atomic E-state index is 12.4. The zero-order valence-corrected chi connectivity index (χ0v) is 16.2. The number of carbonyl (C=O) groups excluding carboxylic acids is 2. The van der Waals surface area contributed by atoms with Crippen LogP contribution in [0.5, 0.6) is 0 Å². The molecule has 1 N–H and O–H groups in total. The molecule has 1 aromatic rings. The minimum Gasteiger partial charge on any atom is -0.449 e. The fourth-order valence-electron chi connectivity index (χ4n) is 3.87. The second-order valence-electron chi connectivity index (χ2n) is 7.55. The molecule has 1 saturated carbocycles. The SMILES string of the molecule is C[C@@H](OC(=O)c1ccc(N2CCCC2)c([N+](=O)[O-])c1)C(=O)NC1CCCCC1. The lowest BCUT2D eigenvalue weighted by molar-refractivity contribution is -0.384. The molecular formula is C20H27N3O5. The van der Waals surface area contributed by atoms with Gasteiger partial charge in [0.2, 0.25) is 0 Å². The highest BCUT2D eigenvalue weighted by atomic mass is 16.6. The third-order valence-electron chi connectivity index (χ3n) is 5.46. The van der Waals surface area contributed by atoms with E-state index in [0.717, 1.165) is 51.6 Å². The summed E-state index contributed by atoms with van der Waals surface area (Å²) >= 11 is 0. The Morgan fingerprint density at radius 3 is 2.50 bits per heavy atom. The number of hydrogen-bond acceptors (Lipinski definition) is 6. The van der Waals surface area contributed by atoms with Gasteiger partial charge in [-0.2, -0.15) is 0 Å². The molecule has 152 valence electrons. The van der Waals surface area contributed by atoms with E-state index in [1.54, 1.807) is 6.07 Å². The van der Waals surface area contributed by atoms with E-state index in [0.29, 0.717) is 5.69 Å². The molecule has 28 heavy (non-hydrogen) atoms. The Kier molecular flexibility index (Phi) is 6.49. The summed E-state index contributed by atoms with van der Waals surface area (Å²) in [7, 11) is 0. The summed E-state index contributed by atoms with van der Waals surface area (Å²) in [5.41, 5.74) is 0.477. The summed E-state index contributed by atoms with van der Waals surface area (Å²) in [4.78, 5) is 37.6. The molecule has 0 aromatic heterocycles. The van der Waals surface area contributed by atoms with Crippen molar-refractivity contribution in [3.8, 4) is 0 Å². The summed E-state index contributed by atoms with van der Waals surface area (Å²) in [5.74, 6) is -1.06. The van der Waals surface area contributed by atoms with Crippen LogP contribution in [0.4, 0.5) is 11.4 Å². The number of ether oxygens (including phenoxy) is 1. The minimum absolute atomic E-state index is 0.0759. The van der Waals surface area contributed by atoms with Crippen LogP contribution in [0.1, 0.15) is 62.2 Å². The van der Waals surface area contributed by atoms with E-state index < -0.39 is 17.0 Å². The number of rotatable bonds is 6. The maximum atomic E-state index is 12.4. The predicted octanol–water partition coefficient (Wildman–Crippen LogP) is 3.19. The van der Waals surface area contributed by atoms with Crippen LogP contribution in [-0.4, -0.2) is 42.0 Å². The molecule has 1 atom stereocenters. The second-order valence-corrected chi connectivity index (χ2v) is 7.55. The van der Waals surface area contributed by atoms with E-state index in [-0.39, 0.29) is 23.2 Å². The van der Waals surface area contributed by atoms with Crippen LogP contribution in [0.25, 0.3) is 0 Å². The van der Waals surface area contributed by atoms with Crippen LogP contribution < -0.4 is 10.2 Å². The number of nitro benzene ring substituents is 1. The van der Waals surface area contributed by atoms with E-state index in [2.05, 4.69) is 5.32 Å². The van der Waals surface area contributed by atoms with Gasteiger partial charge in [0.1, 0.15) is 5.69 Å². The summed E-state index contributed by atoms with van der Waals surface area (Å²) in [6.45, 7) is 3.05. The fraction of sp³-hybridized carbons (Fsp3) is 0.600. The smallest absolute Gasteiger partial charge is 0.339 e. The van der Waals surface area contributed by atoms with Crippen molar-refractivity contribution >= 4 is 23.3 Å². The van der Waals surface area contributed by atoms with Crippen molar-refractivity contribution in [1.29, 1.82) is 0 Å². The van der Waals surface area contributed by atoms with Gasteiger partial charge in [0, 0.05) is 25.2 Å². The molecule has 1 aromatic carbocycles. The largest absolute Gasteiger partial charge is 0.449 e. The highest BCUT2D eigenvalue weighted by molar-refractivity contribution is 5.93. The van der Waals surface area contributed by atoms with Crippen LogP contribution in [0, 0.1) is 10.1 Å². The average Bonchev–Trinajstić information content (AvgIpc) is 3.22. The minimum atomic E-state index is -0.952. The number of nitrogens with zero attached hydrogens (tertiary/aromatic N) is 2. The third kappa shape index (κ3) is 4.79. The van der Waals surface area contributed by atoms with Gasteiger partial charge in [-0.25, -0.2) is 4.79 Å². The molecule has 8 nitrogen and oxygen atoms in total. The molecule has 1 aliphatic heterocycles. The number of amides is 1. The molecule has 1 saturated heterocycles. The van der Waals surface area contributed by atoms with Crippen molar-refractivity contribution < 1.29 is 19.2 Å². The van der Waals surface area contributed by atoms with Crippen LogP contribution in [-0.2, 0) is 9.53 Å². The second kappa shape index (κ2) is 9.03. The van der Waals surface area contributed by atoms with Gasteiger partial charge in [-0.05, 0) is 44.7 Å². The quantitative estimate of drug-likeness (QED) is 0.455. The molecule has 2 aliphatic rings. The van der Waals surface area contributed by atoms with Crippen molar-refractivity contribution in [2.45, 2.75) is 64.0 Å². The van der Waals surface area contributed by atoms with Crippen molar-refractivity contribution in [2.24, 2.45) is 0 Å². The van der Waals surface area contributed by atoms with E-state index >= 15 is 0 Å². The van der Waals surface area contributed by atoms with Gasteiger partial charge in [0.15, 0.2) is 6.10 Å². The Morgan fingerprint density at radius 1 is 1.18 bits per heavy atom. The summed E-state index contributed by atoms with van der Waals surface area (Å²) < 4.78 is 5.25. The average molecular weight is 389 g/mol. The summed E-state index contributed by atoms with van der Waals surface area (Å²) in [6.07, 6.45) is 6.28. The number of carbonyl (C=O) groups is 2. The lowest BCUT2D eigenvalue weighted by Gasteiger charge is -2.24. The Labute approximate surface area is 164 Å². The zero-order chi connectivity index (χ0) is 20.1. The molecule has 0 spiro atoms. The Hall–Kier alpha value is -2.64. The standard InChI is InChI=1S/C20H27N3O5/c1-14(19(24)21-16-7-3-2-4-8-16)28-20(25)15-9-10-17(18(13-15)23(26)27)22-11-5-6-12-22/h9-10,13-14,16H,2-8,11-12H2,1H3,(H,21,24)/t14-/m1/s1. The Morgan fingerprint density at radius 2 is 1.86 bits per heavy atom. The number of nitrogens with one attached hydrogen (secondary N) is 1. The molecule has 1 aliphatic carbocycles. The van der Waals surface area contributed by atoms with Crippen LogP contribution in [0.2, 0.25) is 0 Å². The molecule has 0 bridgehead atoms. The van der Waals surface area contributed by atoms with E-state index in [4.69, 9.17) is 4.74 Å². The number of benzene rings is 1. The van der Waals surface area contributed by atoms with Crippen molar-refractivity contribution in [3.63, 3.8) is 0 Å². The number of hydrogen-bond donors (Lipinski definition) is 1. The van der Waals surface area contributed by atoms with Gasteiger partial charge < -0.3 is 15.0 Å². The van der Waals surface area contributed by atoms with E-state index in [1.165, 1.54) is 25.5 Å². The van der Waals surface area contributed by atoms with Gasteiger partial charge >= 0.3 is 5.97 Å². The number of nitro groups is 1. The topological polar surface area (TPSA) is 102 Å². The lowest BCUT2D eigenvalue weighted by atomic mass is 9.95. The molecule has 3 rings (SSSR count). The van der Waals surface area contributed by atoms with Crippen LogP contribution >= 0.6 is 0 Å². The first-order valence-corrected chi connectivity index (χ1v) is 10.0. The highest BCUT2D eigenvalue weighted by Crippen LogP contribution is 2.32. The lowest BCUT2D eigenvalue weighted by Crippen LogP contribution is -2.42. The van der Waals surface area contributed by atoms with E-state index in [9.17, 15) is 19.7 Å². The number of anilines is 1. The highest BCUT2D eigenvalue weighted by Gasteiger charge is 2.26. The normalized spacial score (nSPS) is 18.5. The first kappa shape index (κ1) is 20.1. The van der Waals surface area contributed by atoms with Crippen molar-refractivity contribution in [3.05, 3.63) is 33.9 Å². The molecule has 0 unspecified atom stereocenters. The monoisotopic (exact) mass is 389 g/mol. The van der Waals surface area contributed by atoms with Crippen LogP contribution in [0.15, 0.2) is 18.2 Å². The van der Waals surface area contributed by atoms with Crippen molar-refractivity contribution in [1.82, 2.24) is 5.32 Å². The van der Waals surface area contributed by atoms with E-state index in [1.807, 2.05) is 4.90 Å². The predicted molar refractivity (Wildman–Crippen MR) is 104 cm³/mol. The number of esters is 1. The third-order valence-corrected chi connectivity index (χ3v) is 5.46. The van der Waals surface area contributed by atoms with Gasteiger partial charge in [-0.3, -0.25) is 14.9 Å². The maximum Gasteiger partial charge on any atom is 0.339 e. The first-order chi connectivity index (χ1) is 13.5. The van der Waals surface area contributed by atoms with Crippen LogP contribution in [0.3, 0.4) is 0 Å². The van der Waals surface area contributed by atoms with Gasteiger partial charge in [-0.15, -0.1) is 0 Å². The molecule has 0 radical (unpaired) electrons. The zero-order valence-electron chi connectivity index (χ0n) is 16.2. The first-order valence-electron chi connectivity index (χ1n) is 10.0. The molecule has 1 amide bonds. The fourth-order valence-corrected chi connectivity index (χ4v) is 3.87.